The summed E-state index contributed by atoms with van der Waals surface area (Å²) in [6, 6.07) is 40.2. The zero-order valence-electron chi connectivity index (χ0n) is 30.6. The number of para-hydroxylation sites is 2. The number of benzene rings is 5. The lowest BCUT2D eigenvalue weighted by Crippen LogP contribution is -2.47. The number of anilines is 1. The van der Waals surface area contributed by atoms with Crippen molar-refractivity contribution in [2.75, 3.05) is 25.0 Å². The van der Waals surface area contributed by atoms with Gasteiger partial charge in [-0.3, -0.25) is 14.2 Å². The van der Waals surface area contributed by atoms with Crippen LogP contribution in [-0.2, 0) is 16.1 Å². The van der Waals surface area contributed by atoms with Crippen molar-refractivity contribution in [1.82, 2.24) is 14.5 Å². The Morgan fingerprint density at radius 2 is 1.49 bits per heavy atom. The molecule has 0 bridgehead atoms. The van der Waals surface area contributed by atoms with Gasteiger partial charge in [-0.15, -0.1) is 0 Å². The second kappa shape index (κ2) is 16.0. The summed E-state index contributed by atoms with van der Waals surface area (Å²) in [6.45, 7) is 3.65. The van der Waals surface area contributed by atoms with Crippen molar-refractivity contribution in [2.24, 2.45) is 0 Å². The molecule has 8 rings (SSSR count). The van der Waals surface area contributed by atoms with Crippen molar-refractivity contribution in [2.45, 2.75) is 56.8 Å². The standard InChI is InChI=1S/C45H44N4O6/c1-29(51)33-11-8-14-36(26-33)46-43(52)34-12-7-13-35(25-34)44-54-40(27-48-23-21-37(22-24-48)49-39-16-6-5-15-38(39)47-45(49)53)41(31-9-3-2-4-10-31)42(55-44)32-19-17-30(28-50)18-20-32/h2-20,25-26,37,40-42,44,50H,21-24,27-28H2,1H3,(H,46,52)(H,47,53). The minimum atomic E-state index is -0.788. The lowest BCUT2D eigenvalue weighted by Gasteiger charge is -2.45. The first-order valence-corrected chi connectivity index (χ1v) is 18.8. The molecule has 0 aliphatic carbocycles. The number of fused-ring (bicyclic) bond motifs is 1. The van der Waals surface area contributed by atoms with Gasteiger partial charge in [-0.05, 0) is 72.9 Å². The number of ketones is 1. The maximum atomic E-state index is 13.5. The van der Waals surface area contributed by atoms with E-state index in [1.807, 2.05) is 83.4 Å². The molecule has 10 nitrogen and oxygen atoms in total. The van der Waals surface area contributed by atoms with E-state index in [4.69, 9.17) is 9.47 Å². The van der Waals surface area contributed by atoms with Gasteiger partial charge in [-0.1, -0.05) is 91.0 Å². The fraction of sp³-hybridized carbons (Fsp3) is 0.267. The monoisotopic (exact) mass is 736 g/mol. The number of aliphatic hydroxyl groups is 1. The van der Waals surface area contributed by atoms with Crippen molar-refractivity contribution in [3.8, 4) is 0 Å². The van der Waals surface area contributed by atoms with E-state index in [2.05, 4.69) is 27.3 Å². The second-order valence-electron chi connectivity index (χ2n) is 14.5. The van der Waals surface area contributed by atoms with Gasteiger partial charge in [-0.25, -0.2) is 4.79 Å². The Balaban J connectivity index is 1.09. The molecule has 2 fully saturated rings. The van der Waals surface area contributed by atoms with Crippen LogP contribution in [0.25, 0.3) is 11.0 Å². The third kappa shape index (κ3) is 7.81. The molecule has 0 saturated carbocycles. The number of nitrogens with one attached hydrogen (secondary N) is 2. The van der Waals surface area contributed by atoms with Crippen LogP contribution in [0.1, 0.15) is 87.1 Å². The molecule has 1 amide bonds. The van der Waals surface area contributed by atoms with E-state index in [1.165, 1.54) is 6.92 Å². The van der Waals surface area contributed by atoms with Crippen molar-refractivity contribution >= 4 is 28.4 Å². The predicted molar refractivity (Wildman–Crippen MR) is 211 cm³/mol. The van der Waals surface area contributed by atoms with Crippen LogP contribution in [0.3, 0.4) is 0 Å². The Morgan fingerprint density at radius 1 is 0.782 bits per heavy atom. The van der Waals surface area contributed by atoms with Gasteiger partial charge >= 0.3 is 5.69 Å². The largest absolute Gasteiger partial charge is 0.392 e. The molecular formula is C45H44N4O6. The normalized spacial score (nSPS) is 20.7. The van der Waals surface area contributed by atoms with Gasteiger partial charge in [0, 0.05) is 54.0 Å². The average molecular weight is 737 g/mol. The number of rotatable bonds is 10. The highest BCUT2D eigenvalue weighted by atomic mass is 16.7. The third-order valence-electron chi connectivity index (χ3n) is 10.9. The number of likely N-dealkylation sites (tertiary alicyclic amines) is 1. The third-order valence-corrected chi connectivity index (χ3v) is 10.9. The summed E-state index contributed by atoms with van der Waals surface area (Å²) < 4.78 is 15.8. The molecule has 280 valence electrons. The van der Waals surface area contributed by atoms with E-state index >= 15 is 0 Å². The summed E-state index contributed by atoms with van der Waals surface area (Å²) in [6.07, 6.45) is 0.144. The molecule has 3 N–H and O–H groups in total. The molecule has 3 heterocycles. The summed E-state index contributed by atoms with van der Waals surface area (Å²) in [5, 5.41) is 12.7. The van der Waals surface area contributed by atoms with Crippen molar-refractivity contribution in [3.63, 3.8) is 0 Å². The maximum absolute atomic E-state index is 13.5. The van der Waals surface area contributed by atoms with E-state index in [9.17, 15) is 19.5 Å². The number of carbonyl (C=O) groups excluding carboxylic acids is 2. The Morgan fingerprint density at radius 3 is 2.25 bits per heavy atom. The van der Waals surface area contributed by atoms with Crippen molar-refractivity contribution in [1.29, 1.82) is 0 Å². The lowest BCUT2D eigenvalue weighted by atomic mass is 9.83. The van der Waals surface area contributed by atoms with Crippen LogP contribution in [0.2, 0.25) is 0 Å². The molecule has 4 atom stereocenters. The number of piperidine rings is 1. The molecule has 0 radical (unpaired) electrons. The van der Waals surface area contributed by atoms with Crippen LogP contribution in [0, 0.1) is 0 Å². The number of aliphatic hydroxyl groups excluding tert-OH is 1. The highest BCUT2D eigenvalue weighted by Gasteiger charge is 2.43. The predicted octanol–water partition coefficient (Wildman–Crippen LogP) is 7.55. The summed E-state index contributed by atoms with van der Waals surface area (Å²) >= 11 is 0. The number of carbonyl (C=O) groups is 2. The minimum Gasteiger partial charge on any atom is -0.392 e. The first-order chi connectivity index (χ1) is 26.8. The van der Waals surface area contributed by atoms with Crippen LogP contribution >= 0.6 is 0 Å². The highest BCUT2D eigenvalue weighted by Crippen LogP contribution is 2.47. The number of nitrogens with zero attached hydrogens (tertiary/aromatic N) is 2. The topological polar surface area (TPSA) is 126 Å². The molecule has 0 spiro atoms. The Bertz CT molecular complexity index is 2350. The summed E-state index contributed by atoms with van der Waals surface area (Å²) in [4.78, 5) is 43.9. The van der Waals surface area contributed by atoms with Crippen molar-refractivity contribution in [3.05, 3.63) is 171 Å². The second-order valence-corrected chi connectivity index (χ2v) is 14.5. The fourth-order valence-corrected chi connectivity index (χ4v) is 8.06. The van der Waals surface area contributed by atoms with E-state index in [0.29, 0.717) is 28.9 Å². The van der Waals surface area contributed by atoms with Gasteiger partial charge in [0.1, 0.15) is 0 Å². The quantitative estimate of drug-likeness (QED) is 0.124. The zero-order valence-corrected chi connectivity index (χ0v) is 30.6. The van der Waals surface area contributed by atoms with Gasteiger partial charge in [0.25, 0.3) is 5.91 Å². The summed E-state index contributed by atoms with van der Waals surface area (Å²) in [5.74, 6) is -0.570. The van der Waals surface area contributed by atoms with E-state index < -0.39 is 12.4 Å². The maximum Gasteiger partial charge on any atom is 0.326 e. The van der Waals surface area contributed by atoms with Gasteiger partial charge < -0.3 is 29.8 Å². The van der Waals surface area contributed by atoms with Crippen LogP contribution in [0.5, 0.6) is 0 Å². The Hall–Kier alpha value is -5.65. The number of hydrogen-bond acceptors (Lipinski definition) is 7. The molecule has 55 heavy (non-hydrogen) atoms. The molecule has 4 unspecified atom stereocenters. The number of aromatic amines is 1. The lowest BCUT2D eigenvalue weighted by molar-refractivity contribution is -0.264. The molecule has 2 aliphatic heterocycles. The fourth-order valence-electron chi connectivity index (χ4n) is 8.06. The average Bonchev–Trinajstić information content (AvgIpc) is 3.56. The van der Waals surface area contributed by atoms with Crippen LogP contribution in [0.4, 0.5) is 5.69 Å². The van der Waals surface area contributed by atoms with E-state index in [1.54, 1.807) is 36.4 Å². The molecule has 2 aliphatic rings. The molecule has 10 heteroatoms. The van der Waals surface area contributed by atoms with E-state index in [0.717, 1.165) is 53.7 Å². The summed E-state index contributed by atoms with van der Waals surface area (Å²) in [5.41, 5.74) is 6.75. The molecule has 6 aromatic rings. The van der Waals surface area contributed by atoms with Gasteiger partial charge in [0.15, 0.2) is 12.1 Å². The van der Waals surface area contributed by atoms with Gasteiger partial charge in [-0.2, -0.15) is 0 Å². The number of aromatic nitrogens is 2. The van der Waals surface area contributed by atoms with Crippen LogP contribution in [-0.4, -0.2) is 57.0 Å². The summed E-state index contributed by atoms with van der Waals surface area (Å²) in [7, 11) is 0. The van der Waals surface area contributed by atoms with Gasteiger partial charge in [0.2, 0.25) is 0 Å². The van der Waals surface area contributed by atoms with Crippen molar-refractivity contribution < 1.29 is 24.2 Å². The number of amides is 1. The first-order valence-electron chi connectivity index (χ1n) is 18.8. The molecule has 1 aromatic heterocycles. The number of Topliss-reactive ketones (excluding diaryl/α,β-unsaturated/α-hetero) is 1. The van der Waals surface area contributed by atoms with Gasteiger partial charge in [0.05, 0.1) is 29.8 Å². The van der Waals surface area contributed by atoms with E-state index in [-0.39, 0.29) is 42.1 Å². The smallest absolute Gasteiger partial charge is 0.326 e. The number of ether oxygens (including phenoxy) is 2. The highest BCUT2D eigenvalue weighted by molar-refractivity contribution is 6.05. The Kier molecular flexibility index (Phi) is 10.6. The SMILES string of the molecule is CC(=O)c1cccc(NC(=O)c2cccc(C3OC(CN4CCC(n5c(=O)[nH]c6ccccc65)CC4)C(c4ccccc4)C(c4ccc(CO)cc4)O3)c2)c1. The Labute approximate surface area is 319 Å². The number of imidazole rings is 1. The minimum absolute atomic E-state index is 0.0587. The first kappa shape index (κ1) is 36.3. The molecule has 2 saturated heterocycles. The number of H-pyrrole nitrogens is 1. The van der Waals surface area contributed by atoms with Crippen LogP contribution in [0.15, 0.2) is 132 Å². The van der Waals surface area contributed by atoms with Crippen LogP contribution < -0.4 is 11.0 Å². The molecule has 5 aromatic carbocycles. The number of hydrogen-bond donors (Lipinski definition) is 3. The zero-order chi connectivity index (χ0) is 37.9. The molecular weight excluding hydrogens is 693 g/mol.